The van der Waals surface area contributed by atoms with Crippen molar-refractivity contribution in [2.24, 2.45) is 0 Å². The van der Waals surface area contributed by atoms with E-state index in [9.17, 15) is 19.0 Å². The summed E-state index contributed by atoms with van der Waals surface area (Å²) in [4.78, 5) is 37.7. The van der Waals surface area contributed by atoms with Crippen molar-refractivity contribution in [2.45, 2.75) is 213 Å². The number of quaternary nitrogens is 1. The van der Waals surface area contributed by atoms with Crippen molar-refractivity contribution in [3.63, 3.8) is 0 Å². The summed E-state index contributed by atoms with van der Waals surface area (Å²) >= 11 is 0. The smallest absolute Gasteiger partial charge is 0.309 e. The number of nitrogens with zero attached hydrogens (tertiary/aromatic N) is 1. The van der Waals surface area contributed by atoms with E-state index in [0.717, 1.165) is 83.5 Å². The normalized spacial score (nSPS) is 14.3. The molecule has 74 heavy (non-hydrogen) atoms. The summed E-state index contributed by atoms with van der Waals surface area (Å²) in [6, 6.07) is 0. The molecule has 0 heterocycles. The van der Waals surface area contributed by atoms with Gasteiger partial charge in [0.15, 0.2) is 6.10 Å². The molecule has 0 bridgehead atoms. The van der Waals surface area contributed by atoms with E-state index in [4.69, 9.17) is 18.5 Å². The minimum Gasteiger partial charge on any atom is -0.756 e. The molecule has 0 aromatic rings. The number of allylic oxidation sites excluding steroid dienone is 21. The van der Waals surface area contributed by atoms with Gasteiger partial charge >= 0.3 is 11.9 Å². The van der Waals surface area contributed by atoms with Crippen LogP contribution in [0.15, 0.2) is 134 Å². The Hall–Kier alpha value is -3.85. The number of likely N-dealkylation sites (N-methyl/N-ethyl adjacent to an activating group) is 1. The molecule has 0 aromatic heterocycles. The maximum Gasteiger partial charge on any atom is 0.309 e. The molecule has 10 heteroatoms. The molecule has 0 fully saturated rings. The zero-order valence-corrected chi connectivity index (χ0v) is 48.4. The number of phosphoric ester groups is 1. The Kier molecular flexibility index (Phi) is 51.2. The fourth-order valence-electron chi connectivity index (χ4n) is 7.32. The Labute approximate surface area is 453 Å². The van der Waals surface area contributed by atoms with Crippen LogP contribution in [0, 0.1) is 0 Å². The van der Waals surface area contributed by atoms with Crippen molar-refractivity contribution in [3.05, 3.63) is 134 Å². The highest BCUT2D eigenvalue weighted by molar-refractivity contribution is 7.45. The molecule has 0 N–H and O–H groups in total. The van der Waals surface area contributed by atoms with Gasteiger partial charge in [0.05, 0.1) is 34.2 Å². The first-order valence-electron chi connectivity index (χ1n) is 28.9. The van der Waals surface area contributed by atoms with Crippen LogP contribution in [0.25, 0.3) is 0 Å². The van der Waals surface area contributed by atoms with Gasteiger partial charge in [-0.15, -0.1) is 0 Å². The first-order valence-corrected chi connectivity index (χ1v) is 30.4. The van der Waals surface area contributed by atoms with Gasteiger partial charge in [-0.25, -0.2) is 0 Å². The third-order valence-corrected chi connectivity index (χ3v) is 12.7. The SMILES string of the molecule is CC/C=C\C/C=C\C/C=C\C/C=C\C/C=C\C/C=C\CCCCCCCCCCCCCCCCCCC(=O)OC(COC(=O)C/C=C\C/C=C\C/C=C\C/C=C\C/C=C\CC)COP(=O)([O-])OCC[N+](C)(C)C. The van der Waals surface area contributed by atoms with Crippen LogP contribution in [0.1, 0.15) is 206 Å². The largest absolute Gasteiger partial charge is 0.756 e. The van der Waals surface area contributed by atoms with E-state index in [0.29, 0.717) is 23.9 Å². The number of esters is 2. The highest BCUT2D eigenvalue weighted by atomic mass is 31.2. The summed E-state index contributed by atoms with van der Waals surface area (Å²) in [5.74, 6) is -0.988. The van der Waals surface area contributed by atoms with Crippen LogP contribution in [0.3, 0.4) is 0 Å². The van der Waals surface area contributed by atoms with E-state index in [1.807, 2.05) is 33.3 Å². The van der Waals surface area contributed by atoms with Crippen LogP contribution < -0.4 is 4.89 Å². The number of hydrogen-bond donors (Lipinski definition) is 0. The average molecular weight is 1050 g/mol. The van der Waals surface area contributed by atoms with Gasteiger partial charge in [-0.05, 0) is 89.9 Å². The van der Waals surface area contributed by atoms with Crippen molar-refractivity contribution in [3.8, 4) is 0 Å². The minimum atomic E-state index is -4.66. The van der Waals surface area contributed by atoms with Crippen LogP contribution >= 0.6 is 7.82 Å². The molecule has 0 aliphatic rings. The third kappa shape index (κ3) is 57.4. The summed E-state index contributed by atoms with van der Waals surface area (Å²) < 4.78 is 33.9. The van der Waals surface area contributed by atoms with Crippen LogP contribution in [0.5, 0.6) is 0 Å². The second-order valence-electron chi connectivity index (χ2n) is 19.9. The lowest BCUT2D eigenvalue weighted by Crippen LogP contribution is -2.37. The lowest BCUT2D eigenvalue weighted by atomic mass is 10.0. The summed E-state index contributed by atoms with van der Waals surface area (Å²) in [5.41, 5.74) is 0. The Morgan fingerprint density at radius 3 is 1.15 bits per heavy atom. The van der Waals surface area contributed by atoms with Crippen molar-refractivity contribution >= 4 is 19.8 Å². The van der Waals surface area contributed by atoms with Gasteiger partial charge in [0.1, 0.15) is 19.8 Å². The van der Waals surface area contributed by atoms with Gasteiger partial charge in [0.25, 0.3) is 7.82 Å². The highest BCUT2D eigenvalue weighted by Gasteiger charge is 2.21. The van der Waals surface area contributed by atoms with Crippen LogP contribution in [0.4, 0.5) is 0 Å². The van der Waals surface area contributed by atoms with Gasteiger partial charge in [0, 0.05) is 6.42 Å². The number of rotatable bonds is 51. The molecule has 0 amide bonds. The fraction of sp³-hybridized carbons (Fsp3) is 0.625. The molecule has 0 saturated heterocycles. The second kappa shape index (κ2) is 54.0. The molecular weight excluding hydrogens is 942 g/mol. The standard InChI is InChI=1S/C64H106NO8P/c1-6-8-10-12-14-16-18-20-22-23-24-25-26-27-28-29-30-31-32-33-34-35-36-37-38-39-40-41-43-45-47-49-51-53-55-57-64(67)73-62(61-72-74(68,69)71-59-58-65(3,4)5)60-70-63(66)56-54-52-50-48-46-44-42-21-19-17-15-13-11-9-7-2/h8-11,14-17,20-22,24-25,27-28,30-31,42,46,48,52,54,62H,6-7,12-13,18-19,23,26,29,32-41,43-45,47,49-51,53,55-61H2,1-5H3/b10-8-,11-9-,16-14-,17-15-,22-20-,25-24-,28-27-,31-30-,42-21-,48-46-,54-52-. The Morgan fingerprint density at radius 1 is 0.432 bits per heavy atom. The van der Waals surface area contributed by atoms with E-state index in [2.05, 4.69) is 129 Å². The van der Waals surface area contributed by atoms with E-state index in [1.54, 1.807) is 6.08 Å². The van der Waals surface area contributed by atoms with Crippen LogP contribution in [0.2, 0.25) is 0 Å². The van der Waals surface area contributed by atoms with E-state index >= 15 is 0 Å². The van der Waals surface area contributed by atoms with Gasteiger partial charge in [-0.1, -0.05) is 237 Å². The van der Waals surface area contributed by atoms with Crippen molar-refractivity contribution in [2.75, 3.05) is 47.5 Å². The van der Waals surface area contributed by atoms with Crippen molar-refractivity contribution in [1.29, 1.82) is 0 Å². The first kappa shape index (κ1) is 70.1. The molecule has 2 unspecified atom stereocenters. The second-order valence-corrected chi connectivity index (χ2v) is 21.3. The number of carbonyl (C=O) groups is 2. The lowest BCUT2D eigenvalue weighted by molar-refractivity contribution is -0.870. The Morgan fingerprint density at radius 2 is 0.770 bits per heavy atom. The summed E-state index contributed by atoms with van der Waals surface area (Å²) in [6.07, 6.45) is 78.3. The van der Waals surface area contributed by atoms with Crippen LogP contribution in [-0.4, -0.2) is 70.0 Å². The summed E-state index contributed by atoms with van der Waals surface area (Å²) in [5, 5.41) is 0. The maximum absolute atomic E-state index is 12.8. The molecule has 9 nitrogen and oxygen atoms in total. The number of carbonyl (C=O) groups excluding carboxylic acids is 2. The first-order chi connectivity index (χ1) is 36.0. The van der Waals surface area contributed by atoms with Gasteiger partial charge in [0.2, 0.25) is 0 Å². The molecule has 0 spiro atoms. The molecule has 0 saturated carbocycles. The van der Waals surface area contributed by atoms with Crippen molar-refractivity contribution in [1.82, 2.24) is 0 Å². The molecule has 0 radical (unpaired) electrons. The van der Waals surface area contributed by atoms with E-state index in [-0.39, 0.29) is 26.1 Å². The lowest BCUT2D eigenvalue weighted by Gasteiger charge is -2.28. The zero-order chi connectivity index (χ0) is 54.2. The predicted molar refractivity (Wildman–Crippen MR) is 314 cm³/mol. The van der Waals surface area contributed by atoms with Crippen molar-refractivity contribution < 1.29 is 42.1 Å². The van der Waals surface area contributed by atoms with E-state index < -0.39 is 32.5 Å². The van der Waals surface area contributed by atoms with E-state index in [1.165, 1.54) is 83.5 Å². The number of unbranched alkanes of at least 4 members (excludes halogenated alkanes) is 16. The Bertz CT molecular complexity index is 1710. The number of hydrogen-bond acceptors (Lipinski definition) is 8. The summed E-state index contributed by atoms with van der Waals surface area (Å²) in [7, 11) is 1.11. The van der Waals surface area contributed by atoms with Gasteiger partial charge < -0.3 is 27.9 Å². The molecule has 2 atom stereocenters. The van der Waals surface area contributed by atoms with Crippen LogP contribution in [-0.2, 0) is 32.7 Å². The maximum atomic E-state index is 12.8. The molecular formula is C64H106NO8P. The minimum absolute atomic E-state index is 0.0391. The monoisotopic (exact) mass is 1050 g/mol. The summed E-state index contributed by atoms with van der Waals surface area (Å²) in [6.45, 7) is 3.88. The fourth-order valence-corrected chi connectivity index (χ4v) is 8.05. The molecule has 420 valence electrons. The number of ether oxygens (including phenoxy) is 2. The molecule has 0 aliphatic heterocycles. The quantitative estimate of drug-likeness (QED) is 0.0195. The molecule has 0 aliphatic carbocycles. The van der Waals surface area contributed by atoms with Gasteiger partial charge in [-0.3, -0.25) is 14.2 Å². The zero-order valence-electron chi connectivity index (χ0n) is 47.5. The predicted octanol–water partition coefficient (Wildman–Crippen LogP) is 17.5. The topological polar surface area (TPSA) is 111 Å². The molecule has 0 rings (SSSR count). The number of phosphoric acid groups is 1. The Balaban J connectivity index is 4.13. The third-order valence-electron chi connectivity index (χ3n) is 11.7. The average Bonchev–Trinajstić information content (AvgIpc) is 3.36. The highest BCUT2D eigenvalue weighted by Crippen LogP contribution is 2.38. The molecule has 0 aromatic carbocycles. The van der Waals surface area contributed by atoms with Gasteiger partial charge in [-0.2, -0.15) is 0 Å².